The van der Waals surface area contributed by atoms with Gasteiger partial charge in [-0.1, -0.05) is 0 Å². The second kappa shape index (κ2) is 4.57. The van der Waals surface area contributed by atoms with Gasteiger partial charge in [0.25, 0.3) is 0 Å². The van der Waals surface area contributed by atoms with Gasteiger partial charge in [-0.05, 0) is 6.07 Å². The molecule has 1 atom stereocenters. The van der Waals surface area contributed by atoms with Crippen LogP contribution >= 0.6 is 11.6 Å². The number of alkyl halides is 1. The third-order valence-corrected chi connectivity index (χ3v) is 2.57. The van der Waals surface area contributed by atoms with Crippen molar-refractivity contribution < 1.29 is 4.74 Å². The van der Waals surface area contributed by atoms with E-state index in [0.717, 1.165) is 12.5 Å². The molecule has 0 aliphatic carbocycles. The Hall–Kier alpha value is -0.870. The van der Waals surface area contributed by atoms with Gasteiger partial charge in [0.2, 0.25) is 5.95 Å². The molecule has 1 aromatic rings. The van der Waals surface area contributed by atoms with E-state index in [2.05, 4.69) is 14.9 Å². The predicted octanol–water partition coefficient (Wildman–Crippen LogP) is 0.921. The summed E-state index contributed by atoms with van der Waals surface area (Å²) in [4.78, 5) is 10.5. The average Bonchev–Trinajstić information content (AvgIpc) is 2.30. The van der Waals surface area contributed by atoms with Crippen LogP contribution < -0.4 is 4.90 Å². The lowest BCUT2D eigenvalue weighted by molar-refractivity contribution is 0.0989. The molecule has 0 bridgehead atoms. The largest absolute Gasteiger partial charge is 0.377 e. The van der Waals surface area contributed by atoms with Gasteiger partial charge < -0.3 is 9.64 Å². The maximum Gasteiger partial charge on any atom is 0.225 e. The summed E-state index contributed by atoms with van der Waals surface area (Å²) in [5, 5.41) is 0. The van der Waals surface area contributed by atoms with Crippen molar-refractivity contribution in [3.05, 3.63) is 18.5 Å². The van der Waals surface area contributed by atoms with Crippen LogP contribution in [0.15, 0.2) is 18.5 Å². The van der Waals surface area contributed by atoms with Crippen molar-refractivity contribution in [3.8, 4) is 0 Å². The van der Waals surface area contributed by atoms with Gasteiger partial charge in [0.15, 0.2) is 0 Å². The number of anilines is 1. The Morgan fingerprint density at radius 3 is 3.00 bits per heavy atom. The molecule has 4 nitrogen and oxygen atoms in total. The first-order valence-corrected chi connectivity index (χ1v) is 5.12. The number of hydrogen-bond acceptors (Lipinski definition) is 4. The number of morpholine rings is 1. The minimum absolute atomic E-state index is 0.188. The lowest BCUT2D eigenvalue weighted by Crippen LogP contribution is -2.47. The van der Waals surface area contributed by atoms with Crippen molar-refractivity contribution in [1.29, 1.82) is 0 Å². The molecule has 1 fully saturated rings. The van der Waals surface area contributed by atoms with E-state index in [4.69, 9.17) is 16.3 Å². The highest BCUT2D eigenvalue weighted by Crippen LogP contribution is 2.14. The molecule has 1 unspecified atom stereocenters. The topological polar surface area (TPSA) is 38.2 Å². The number of halogens is 1. The van der Waals surface area contributed by atoms with E-state index in [1.165, 1.54) is 0 Å². The van der Waals surface area contributed by atoms with Gasteiger partial charge in [-0.25, -0.2) is 9.97 Å². The molecule has 1 aromatic heterocycles. The summed E-state index contributed by atoms with van der Waals surface area (Å²) in [6.45, 7) is 2.18. The monoisotopic (exact) mass is 213 g/mol. The zero-order valence-electron chi connectivity index (χ0n) is 7.77. The Morgan fingerprint density at radius 2 is 2.29 bits per heavy atom. The molecule has 0 radical (unpaired) electrons. The minimum atomic E-state index is 0.188. The Balaban J connectivity index is 2.15. The summed E-state index contributed by atoms with van der Waals surface area (Å²) in [5.74, 6) is 1.28. The van der Waals surface area contributed by atoms with E-state index in [9.17, 15) is 0 Å². The Labute approximate surface area is 87.9 Å². The van der Waals surface area contributed by atoms with E-state index in [1.807, 2.05) is 0 Å². The average molecular weight is 214 g/mol. The van der Waals surface area contributed by atoms with Crippen LogP contribution in [0.1, 0.15) is 0 Å². The third-order valence-electron chi connectivity index (χ3n) is 2.21. The van der Waals surface area contributed by atoms with Crippen molar-refractivity contribution >= 4 is 17.5 Å². The summed E-state index contributed by atoms with van der Waals surface area (Å²) in [6, 6.07) is 1.99. The van der Waals surface area contributed by atoms with Gasteiger partial charge in [-0.2, -0.15) is 0 Å². The van der Waals surface area contributed by atoms with Crippen LogP contribution in [-0.2, 0) is 4.74 Å². The fourth-order valence-corrected chi connectivity index (χ4v) is 1.74. The zero-order chi connectivity index (χ0) is 9.80. The number of ether oxygens (including phenoxy) is 1. The molecule has 0 amide bonds. The molecular formula is C9H12ClN3O. The Bertz CT molecular complexity index is 283. The molecule has 0 aromatic carbocycles. The number of hydrogen-bond donors (Lipinski definition) is 0. The highest BCUT2D eigenvalue weighted by atomic mass is 35.5. The lowest BCUT2D eigenvalue weighted by Gasteiger charge is -2.34. The lowest BCUT2D eigenvalue weighted by atomic mass is 10.3. The van der Waals surface area contributed by atoms with Gasteiger partial charge in [-0.15, -0.1) is 11.6 Å². The molecular weight excluding hydrogens is 202 g/mol. The van der Waals surface area contributed by atoms with E-state index in [0.29, 0.717) is 19.1 Å². The minimum Gasteiger partial charge on any atom is -0.377 e. The fraction of sp³-hybridized carbons (Fsp3) is 0.556. The summed E-state index contributed by atoms with van der Waals surface area (Å²) in [7, 11) is 0. The molecule has 0 saturated carbocycles. The van der Waals surface area contributed by atoms with E-state index >= 15 is 0 Å². The van der Waals surface area contributed by atoms with E-state index in [1.54, 1.807) is 18.5 Å². The van der Waals surface area contributed by atoms with Gasteiger partial charge in [0.05, 0.1) is 19.3 Å². The van der Waals surface area contributed by atoms with Crippen molar-refractivity contribution in [2.75, 3.05) is 30.5 Å². The maximum absolute atomic E-state index is 5.85. The molecule has 2 rings (SSSR count). The molecule has 5 heteroatoms. The Morgan fingerprint density at radius 1 is 1.50 bits per heavy atom. The van der Waals surface area contributed by atoms with Crippen LogP contribution in [0.25, 0.3) is 0 Å². The molecule has 0 N–H and O–H groups in total. The highest BCUT2D eigenvalue weighted by molar-refractivity contribution is 6.18. The van der Waals surface area contributed by atoms with Crippen LogP contribution in [-0.4, -0.2) is 41.6 Å². The molecule has 1 aliphatic rings. The van der Waals surface area contributed by atoms with E-state index in [-0.39, 0.29) is 6.04 Å². The third kappa shape index (κ3) is 1.96. The fourth-order valence-electron chi connectivity index (χ4n) is 1.49. The first kappa shape index (κ1) is 9.68. The highest BCUT2D eigenvalue weighted by Gasteiger charge is 2.23. The molecule has 2 heterocycles. The van der Waals surface area contributed by atoms with Crippen LogP contribution in [0, 0.1) is 0 Å². The van der Waals surface area contributed by atoms with Crippen molar-refractivity contribution in [2.45, 2.75) is 6.04 Å². The summed E-state index contributed by atoms with van der Waals surface area (Å²) in [5.41, 5.74) is 0. The second-order valence-electron chi connectivity index (χ2n) is 3.13. The van der Waals surface area contributed by atoms with Crippen LogP contribution in [0.4, 0.5) is 5.95 Å². The second-order valence-corrected chi connectivity index (χ2v) is 3.43. The maximum atomic E-state index is 5.85. The van der Waals surface area contributed by atoms with Gasteiger partial charge in [-0.3, -0.25) is 0 Å². The van der Waals surface area contributed by atoms with Crippen LogP contribution in [0.5, 0.6) is 0 Å². The molecule has 0 spiro atoms. The van der Waals surface area contributed by atoms with Crippen LogP contribution in [0.3, 0.4) is 0 Å². The normalized spacial score (nSPS) is 22.4. The number of aromatic nitrogens is 2. The number of nitrogens with zero attached hydrogens (tertiary/aromatic N) is 3. The van der Waals surface area contributed by atoms with Gasteiger partial charge in [0, 0.05) is 24.8 Å². The van der Waals surface area contributed by atoms with Crippen molar-refractivity contribution in [1.82, 2.24) is 9.97 Å². The first-order chi connectivity index (χ1) is 6.92. The molecule has 76 valence electrons. The molecule has 1 aliphatic heterocycles. The molecule has 1 saturated heterocycles. The van der Waals surface area contributed by atoms with Gasteiger partial charge in [0.1, 0.15) is 0 Å². The SMILES string of the molecule is ClCC1COCCN1c1ncccn1. The smallest absolute Gasteiger partial charge is 0.225 e. The zero-order valence-corrected chi connectivity index (χ0v) is 8.52. The number of rotatable bonds is 2. The summed E-state index contributed by atoms with van der Waals surface area (Å²) in [6.07, 6.45) is 3.48. The quantitative estimate of drug-likeness (QED) is 0.685. The van der Waals surface area contributed by atoms with Crippen molar-refractivity contribution in [2.24, 2.45) is 0 Å². The van der Waals surface area contributed by atoms with Crippen molar-refractivity contribution in [3.63, 3.8) is 0 Å². The van der Waals surface area contributed by atoms with Crippen LogP contribution in [0.2, 0.25) is 0 Å². The Kier molecular flexibility index (Phi) is 3.16. The van der Waals surface area contributed by atoms with Gasteiger partial charge >= 0.3 is 0 Å². The molecule has 14 heavy (non-hydrogen) atoms. The standard InChI is InChI=1S/C9H12ClN3O/c10-6-8-7-14-5-4-13(8)9-11-2-1-3-12-9/h1-3,8H,4-7H2. The predicted molar refractivity (Wildman–Crippen MR) is 54.7 cm³/mol. The first-order valence-electron chi connectivity index (χ1n) is 4.59. The summed E-state index contributed by atoms with van der Waals surface area (Å²) >= 11 is 5.85. The van der Waals surface area contributed by atoms with E-state index < -0.39 is 0 Å². The summed E-state index contributed by atoms with van der Waals surface area (Å²) < 4.78 is 5.34.